The van der Waals surface area contributed by atoms with E-state index in [4.69, 9.17) is 5.11 Å². The van der Waals surface area contributed by atoms with Crippen LogP contribution in [0, 0.1) is 12.9 Å². The Hall–Kier alpha value is -1.89. The molecule has 0 aliphatic heterocycles. The van der Waals surface area contributed by atoms with Crippen LogP contribution in [0.25, 0.3) is 0 Å². The number of aryl methyl sites for hydroxylation is 2. The molecule has 0 atom stereocenters. The van der Waals surface area contributed by atoms with Crippen LogP contribution in [-0.4, -0.2) is 31.3 Å². The maximum Gasteiger partial charge on any atom is 0.216 e. The summed E-state index contributed by atoms with van der Waals surface area (Å²) in [5, 5.41) is 20.0. The first-order valence-corrected chi connectivity index (χ1v) is 5.68. The minimum Gasteiger partial charge on any atom is -0.394 e. The van der Waals surface area contributed by atoms with E-state index < -0.39 is 0 Å². The molecule has 0 saturated carbocycles. The third-order valence-electron chi connectivity index (χ3n) is 2.69. The number of aliphatic hydroxyl groups is 1. The summed E-state index contributed by atoms with van der Waals surface area (Å²) in [7, 11) is 1.57. The standard InChI is InChI=1S/C11H16FN5O/c1-8-9(11(12)16(2)14-8)7-13-10-3-4-17(15-10)5-6-18/h3-4,18H,5-7H2,1-2H3,(H,13,15). The van der Waals surface area contributed by atoms with Crippen LogP contribution in [0.4, 0.5) is 10.2 Å². The van der Waals surface area contributed by atoms with Gasteiger partial charge in [0.05, 0.1) is 18.8 Å². The number of rotatable bonds is 5. The lowest BCUT2D eigenvalue weighted by Crippen LogP contribution is -2.06. The fourth-order valence-electron chi connectivity index (χ4n) is 1.74. The molecule has 2 heterocycles. The van der Waals surface area contributed by atoms with Crippen molar-refractivity contribution in [3.63, 3.8) is 0 Å². The van der Waals surface area contributed by atoms with Crippen LogP contribution in [0.5, 0.6) is 0 Å². The van der Waals surface area contributed by atoms with E-state index in [1.807, 2.05) is 0 Å². The minimum atomic E-state index is -0.338. The van der Waals surface area contributed by atoms with Gasteiger partial charge in [0.1, 0.15) is 5.82 Å². The van der Waals surface area contributed by atoms with Crippen LogP contribution in [0.3, 0.4) is 0 Å². The van der Waals surface area contributed by atoms with Crippen LogP contribution in [0.1, 0.15) is 11.3 Å². The summed E-state index contributed by atoms with van der Waals surface area (Å²) in [5.74, 6) is 0.306. The number of anilines is 1. The average Bonchev–Trinajstić information content (AvgIpc) is 2.85. The molecule has 0 fully saturated rings. The fraction of sp³-hybridized carbons (Fsp3) is 0.455. The highest BCUT2D eigenvalue weighted by atomic mass is 19.1. The summed E-state index contributed by atoms with van der Waals surface area (Å²) in [5.41, 5.74) is 1.20. The van der Waals surface area contributed by atoms with E-state index in [0.717, 1.165) is 0 Å². The number of nitrogens with zero attached hydrogens (tertiary/aromatic N) is 4. The first-order valence-electron chi connectivity index (χ1n) is 5.68. The van der Waals surface area contributed by atoms with Gasteiger partial charge in [0.15, 0.2) is 0 Å². The molecule has 0 unspecified atom stereocenters. The van der Waals surface area contributed by atoms with Gasteiger partial charge in [-0.25, -0.2) is 4.68 Å². The number of hydrogen-bond acceptors (Lipinski definition) is 4. The van der Waals surface area contributed by atoms with Crippen LogP contribution < -0.4 is 5.32 Å². The van der Waals surface area contributed by atoms with Gasteiger partial charge < -0.3 is 10.4 Å². The third kappa shape index (κ3) is 2.51. The van der Waals surface area contributed by atoms with Crippen LogP contribution in [0.2, 0.25) is 0 Å². The lowest BCUT2D eigenvalue weighted by atomic mass is 10.2. The van der Waals surface area contributed by atoms with Crippen molar-refractivity contribution < 1.29 is 9.50 Å². The molecule has 2 aromatic heterocycles. The van der Waals surface area contributed by atoms with E-state index in [-0.39, 0.29) is 12.6 Å². The fourth-order valence-corrected chi connectivity index (χ4v) is 1.74. The van der Waals surface area contributed by atoms with Crippen LogP contribution in [0.15, 0.2) is 12.3 Å². The zero-order valence-corrected chi connectivity index (χ0v) is 10.4. The Morgan fingerprint density at radius 3 is 2.83 bits per heavy atom. The molecular weight excluding hydrogens is 237 g/mol. The number of hydrogen-bond donors (Lipinski definition) is 2. The van der Waals surface area contributed by atoms with Crippen LogP contribution >= 0.6 is 0 Å². The van der Waals surface area contributed by atoms with E-state index >= 15 is 0 Å². The predicted octanol–water partition coefficient (Wildman–Crippen LogP) is 0.669. The molecule has 2 rings (SSSR count). The highest BCUT2D eigenvalue weighted by Gasteiger charge is 2.12. The summed E-state index contributed by atoms with van der Waals surface area (Å²) in [6.07, 6.45) is 1.75. The molecule has 0 aliphatic carbocycles. The Bertz CT molecular complexity index is 534. The lowest BCUT2D eigenvalue weighted by molar-refractivity contribution is 0.269. The average molecular weight is 253 g/mol. The molecule has 0 bridgehead atoms. The molecule has 18 heavy (non-hydrogen) atoms. The van der Waals surface area contributed by atoms with Crippen LogP contribution in [-0.2, 0) is 20.1 Å². The molecule has 2 aromatic rings. The Kier molecular flexibility index (Phi) is 3.61. The molecule has 6 nitrogen and oxygen atoms in total. The van der Waals surface area contributed by atoms with E-state index in [2.05, 4.69) is 15.5 Å². The molecule has 7 heteroatoms. The first-order chi connectivity index (χ1) is 8.61. The third-order valence-corrected chi connectivity index (χ3v) is 2.69. The Morgan fingerprint density at radius 2 is 2.22 bits per heavy atom. The molecule has 0 aliphatic rings. The van der Waals surface area contributed by atoms with Crippen molar-refractivity contribution in [2.75, 3.05) is 11.9 Å². The smallest absolute Gasteiger partial charge is 0.216 e. The molecule has 2 N–H and O–H groups in total. The largest absolute Gasteiger partial charge is 0.394 e. The van der Waals surface area contributed by atoms with Gasteiger partial charge in [-0.3, -0.25) is 4.68 Å². The molecule has 0 amide bonds. The van der Waals surface area contributed by atoms with Gasteiger partial charge in [-0.1, -0.05) is 0 Å². The Balaban J connectivity index is 2.02. The normalized spacial score (nSPS) is 10.9. The van der Waals surface area contributed by atoms with Gasteiger partial charge in [0.25, 0.3) is 0 Å². The minimum absolute atomic E-state index is 0.0391. The van der Waals surface area contributed by atoms with Crippen molar-refractivity contribution in [3.05, 3.63) is 29.5 Å². The summed E-state index contributed by atoms with van der Waals surface area (Å²) in [6, 6.07) is 1.78. The SMILES string of the molecule is Cc1nn(C)c(F)c1CNc1ccn(CCO)n1. The van der Waals surface area contributed by atoms with E-state index in [9.17, 15) is 4.39 Å². The van der Waals surface area contributed by atoms with Gasteiger partial charge in [-0.15, -0.1) is 0 Å². The summed E-state index contributed by atoms with van der Waals surface area (Å²) >= 11 is 0. The molecular formula is C11H16FN5O. The van der Waals surface area contributed by atoms with Crippen molar-refractivity contribution >= 4 is 5.82 Å². The van der Waals surface area contributed by atoms with E-state index in [1.54, 1.807) is 30.9 Å². The summed E-state index contributed by atoms with van der Waals surface area (Å²) < 4.78 is 16.5. The van der Waals surface area contributed by atoms with Gasteiger partial charge in [0, 0.05) is 31.4 Å². The van der Waals surface area contributed by atoms with Gasteiger partial charge in [0.2, 0.25) is 5.95 Å². The van der Waals surface area contributed by atoms with E-state index in [0.29, 0.717) is 30.2 Å². The maximum absolute atomic E-state index is 13.7. The molecule has 0 aromatic carbocycles. The topological polar surface area (TPSA) is 67.9 Å². The molecule has 0 saturated heterocycles. The van der Waals surface area contributed by atoms with E-state index in [1.165, 1.54) is 4.68 Å². The summed E-state index contributed by atoms with van der Waals surface area (Å²) in [4.78, 5) is 0. The molecule has 0 spiro atoms. The highest BCUT2D eigenvalue weighted by molar-refractivity contribution is 5.34. The van der Waals surface area contributed by atoms with Crippen molar-refractivity contribution in [1.29, 1.82) is 0 Å². The van der Waals surface area contributed by atoms with Crippen molar-refractivity contribution in [2.45, 2.75) is 20.0 Å². The number of nitrogens with one attached hydrogen (secondary N) is 1. The van der Waals surface area contributed by atoms with Gasteiger partial charge in [-0.2, -0.15) is 14.6 Å². The van der Waals surface area contributed by atoms with Gasteiger partial charge in [-0.05, 0) is 6.92 Å². The Labute approximate surface area is 104 Å². The predicted molar refractivity (Wildman–Crippen MR) is 64.5 cm³/mol. The second-order valence-electron chi connectivity index (χ2n) is 4.02. The second-order valence-corrected chi connectivity index (χ2v) is 4.02. The zero-order chi connectivity index (χ0) is 13.1. The zero-order valence-electron chi connectivity index (χ0n) is 10.4. The van der Waals surface area contributed by atoms with Crippen molar-refractivity contribution in [3.8, 4) is 0 Å². The second kappa shape index (κ2) is 5.18. The number of halogens is 1. The summed E-state index contributed by atoms with van der Waals surface area (Å²) in [6.45, 7) is 2.59. The number of aliphatic hydroxyl groups excluding tert-OH is 1. The quantitative estimate of drug-likeness (QED) is 0.821. The lowest BCUT2D eigenvalue weighted by Gasteiger charge is -2.02. The van der Waals surface area contributed by atoms with Crippen molar-refractivity contribution in [2.24, 2.45) is 7.05 Å². The molecule has 0 radical (unpaired) electrons. The first kappa shape index (κ1) is 12.6. The maximum atomic E-state index is 13.7. The Morgan fingerprint density at radius 1 is 1.44 bits per heavy atom. The molecule has 98 valence electrons. The highest BCUT2D eigenvalue weighted by Crippen LogP contribution is 2.13. The van der Waals surface area contributed by atoms with Crippen molar-refractivity contribution in [1.82, 2.24) is 19.6 Å². The number of aromatic nitrogens is 4. The van der Waals surface area contributed by atoms with Gasteiger partial charge >= 0.3 is 0 Å². The monoisotopic (exact) mass is 253 g/mol.